The molecule has 0 saturated heterocycles. The number of hydrogen-bond donors (Lipinski definition) is 2. The van der Waals surface area contributed by atoms with Gasteiger partial charge in [0.15, 0.2) is 0 Å². The molecule has 0 spiro atoms. The van der Waals surface area contributed by atoms with E-state index in [1.165, 1.54) is 0 Å². The van der Waals surface area contributed by atoms with E-state index >= 15 is 0 Å². The molecule has 3 aromatic rings. The number of carbonyl (C=O) groups excluding carboxylic acids is 1. The van der Waals surface area contributed by atoms with E-state index in [4.69, 9.17) is 5.73 Å². The lowest BCUT2D eigenvalue weighted by Crippen LogP contribution is -2.30. The molecule has 1 amide bonds. The Hall–Kier alpha value is -3.28. The third-order valence-corrected chi connectivity index (χ3v) is 4.55. The second-order valence-corrected chi connectivity index (χ2v) is 6.25. The first-order valence-corrected chi connectivity index (χ1v) is 8.09. The van der Waals surface area contributed by atoms with Gasteiger partial charge in [-0.25, -0.2) is 0 Å². The van der Waals surface area contributed by atoms with Crippen LogP contribution in [0.2, 0.25) is 0 Å². The number of nitrogens with one attached hydrogen (secondary N) is 1. The number of nitrogens with zero attached hydrogens (tertiary/aromatic N) is 3. The van der Waals surface area contributed by atoms with E-state index in [0.29, 0.717) is 17.8 Å². The zero-order chi connectivity index (χ0) is 17.6. The second-order valence-electron chi connectivity index (χ2n) is 6.25. The van der Waals surface area contributed by atoms with E-state index in [9.17, 15) is 4.79 Å². The van der Waals surface area contributed by atoms with Crippen LogP contribution in [-0.4, -0.2) is 15.7 Å². The van der Waals surface area contributed by atoms with Crippen molar-refractivity contribution >= 4 is 28.8 Å². The first kappa shape index (κ1) is 15.3. The van der Waals surface area contributed by atoms with Crippen LogP contribution < -0.4 is 16.0 Å². The highest BCUT2D eigenvalue weighted by molar-refractivity contribution is 6.08. The average Bonchev–Trinajstić information content (AvgIpc) is 2.86. The van der Waals surface area contributed by atoms with Crippen LogP contribution in [0.25, 0.3) is 0 Å². The smallest absolute Gasteiger partial charge is 0.258 e. The highest BCUT2D eigenvalue weighted by Gasteiger charge is 2.26. The lowest BCUT2D eigenvalue weighted by atomic mass is 10.1. The Kier molecular flexibility index (Phi) is 3.46. The monoisotopic (exact) mass is 333 g/mol. The summed E-state index contributed by atoms with van der Waals surface area (Å²) in [6.07, 6.45) is 1.79. The Morgan fingerprint density at radius 2 is 2.04 bits per heavy atom. The molecule has 0 aliphatic carbocycles. The summed E-state index contributed by atoms with van der Waals surface area (Å²) in [5.41, 5.74) is 10.8. The Morgan fingerprint density at radius 3 is 2.84 bits per heavy atom. The molecule has 25 heavy (non-hydrogen) atoms. The van der Waals surface area contributed by atoms with Crippen molar-refractivity contribution in [1.82, 2.24) is 9.78 Å². The van der Waals surface area contributed by atoms with Crippen molar-refractivity contribution in [2.75, 3.05) is 16.0 Å². The van der Waals surface area contributed by atoms with Gasteiger partial charge in [-0.3, -0.25) is 9.48 Å². The number of nitrogen functional groups attached to an aromatic ring is 1. The topological polar surface area (TPSA) is 76.2 Å². The first-order chi connectivity index (χ1) is 12.0. The maximum absolute atomic E-state index is 13.2. The third kappa shape index (κ3) is 2.52. The molecule has 1 aromatic heterocycles. The maximum Gasteiger partial charge on any atom is 0.258 e. The van der Waals surface area contributed by atoms with Crippen molar-refractivity contribution in [3.63, 3.8) is 0 Å². The molecule has 0 fully saturated rings. The largest absolute Gasteiger partial charge is 0.399 e. The molecular weight excluding hydrogens is 314 g/mol. The number of aryl methyl sites for hydroxylation is 2. The van der Waals surface area contributed by atoms with Gasteiger partial charge in [0.2, 0.25) is 0 Å². The van der Waals surface area contributed by atoms with Crippen LogP contribution in [0.15, 0.2) is 48.7 Å². The van der Waals surface area contributed by atoms with Gasteiger partial charge in [0.05, 0.1) is 24.1 Å². The van der Waals surface area contributed by atoms with E-state index in [1.54, 1.807) is 27.9 Å². The quantitative estimate of drug-likeness (QED) is 0.671. The number of nitrogens with two attached hydrogens (primary N) is 1. The van der Waals surface area contributed by atoms with E-state index in [0.717, 1.165) is 28.3 Å². The van der Waals surface area contributed by atoms with Crippen molar-refractivity contribution in [3.8, 4) is 0 Å². The molecule has 126 valence electrons. The fourth-order valence-corrected chi connectivity index (χ4v) is 3.10. The van der Waals surface area contributed by atoms with Gasteiger partial charge in [-0.1, -0.05) is 12.1 Å². The zero-order valence-corrected chi connectivity index (χ0v) is 14.2. The molecule has 2 aromatic carbocycles. The average molecular weight is 333 g/mol. The van der Waals surface area contributed by atoms with Gasteiger partial charge in [-0.2, -0.15) is 5.10 Å². The molecule has 0 bridgehead atoms. The number of aromatic nitrogens is 2. The van der Waals surface area contributed by atoms with Crippen molar-refractivity contribution in [1.29, 1.82) is 0 Å². The van der Waals surface area contributed by atoms with Crippen LogP contribution in [0, 0.1) is 6.92 Å². The van der Waals surface area contributed by atoms with Gasteiger partial charge < -0.3 is 16.0 Å². The molecule has 3 N–H and O–H groups in total. The molecule has 1 aliphatic rings. The summed E-state index contributed by atoms with van der Waals surface area (Å²) in [4.78, 5) is 15.0. The second kappa shape index (κ2) is 5.66. The summed E-state index contributed by atoms with van der Waals surface area (Å²) in [5.74, 6) is 0.838. The van der Waals surface area contributed by atoms with Crippen molar-refractivity contribution < 1.29 is 4.79 Å². The number of fused-ring (bicyclic) bond motifs is 2. The number of para-hydroxylation sites is 2. The Bertz CT molecular complexity index is 976. The Labute approximate surface area is 145 Å². The van der Waals surface area contributed by atoms with E-state index < -0.39 is 0 Å². The van der Waals surface area contributed by atoms with E-state index in [2.05, 4.69) is 10.4 Å². The summed E-state index contributed by atoms with van der Waals surface area (Å²) in [5, 5.41) is 7.70. The molecule has 0 atom stereocenters. The number of amides is 1. The van der Waals surface area contributed by atoms with E-state index in [-0.39, 0.29) is 5.91 Å². The summed E-state index contributed by atoms with van der Waals surface area (Å²) < 4.78 is 1.79. The van der Waals surface area contributed by atoms with Gasteiger partial charge >= 0.3 is 0 Å². The predicted octanol–water partition coefficient (Wildman–Crippen LogP) is 3.21. The van der Waals surface area contributed by atoms with Crippen molar-refractivity contribution in [2.24, 2.45) is 7.05 Å². The van der Waals surface area contributed by atoms with Crippen LogP contribution in [-0.2, 0) is 13.6 Å². The highest BCUT2D eigenvalue weighted by atomic mass is 16.2. The van der Waals surface area contributed by atoms with Crippen molar-refractivity contribution in [2.45, 2.75) is 13.5 Å². The summed E-state index contributed by atoms with van der Waals surface area (Å²) >= 11 is 0. The molecule has 0 radical (unpaired) electrons. The minimum absolute atomic E-state index is 0.0611. The van der Waals surface area contributed by atoms with Gasteiger partial charge in [-0.15, -0.1) is 0 Å². The summed E-state index contributed by atoms with van der Waals surface area (Å²) in [7, 11) is 1.88. The SMILES string of the molecule is Cc1cc(C(=O)N2Cc3cnn(C)c3Nc3ccccc32)ccc1N. The van der Waals surface area contributed by atoms with Gasteiger partial charge in [-0.05, 0) is 42.8 Å². The molecule has 2 heterocycles. The van der Waals surface area contributed by atoms with Gasteiger partial charge in [0.25, 0.3) is 5.91 Å². The lowest BCUT2D eigenvalue weighted by Gasteiger charge is -2.23. The van der Waals surface area contributed by atoms with Crippen LogP contribution >= 0.6 is 0 Å². The van der Waals surface area contributed by atoms with Gasteiger partial charge in [0, 0.05) is 23.9 Å². The zero-order valence-electron chi connectivity index (χ0n) is 14.2. The predicted molar refractivity (Wildman–Crippen MR) is 99.0 cm³/mol. The van der Waals surface area contributed by atoms with Crippen LogP contribution in [0.5, 0.6) is 0 Å². The minimum atomic E-state index is -0.0611. The number of rotatable bonds is 1. The Balaban J connectivity index is 1.82. The minimum Gasteiger partial charge on any atom is -0.399 e. The Morgan fingerprint density at radius 1 is 1.24 bits per heavy atom. The molecule has 0 saturated carbocycles. The number of carbonyl (C=O) groups is 1. The number of anilines is 4. The maximum atomic E-state index is 13.2. The number of hydrogen-bond acceptors (Lipinski definition) is 4. The third-order valence-electron chi connectivity index (χ3n) is 4.55. The summed E-state index contributed by atoms with van der Waals surface area (Å²) in [6.45, 7) is 2.36. The number of benzene rings is 2. The molecule has 1 aliphatic heterocycles. The van der Waals surface area contributed by atoms with Crippen LogP contribution in [0.1, 0.15) is 21.5 Å². The molecule has 0 unspecified atom stereocenters. The lowest BCUT2D eigenvalue weighted by molar-refractivity contribution is 0.0985. The molecule has 6 heteroatoms. The molecule has 6 nitrogen and oxygen atoms in total. The van der Waals surface area contributed by atoms with Crippen LogP contribution in [0.3, 0.4) is 0 Å². The fraction of sp³-hybridized carbons (Fsp3) is 0.158. The van der Waals surface area contributed by atoms with Gasteiger partial charge in [0.1, 0.15) is 5.82 Å². The highest BCUT2D eigenvalue weighted by Crippen LogP contribution is 2.36. The normalized spacial score (nSPS) is 12.8. The van der Waals surface area contributed by atoms with Crippen LogP contribution in [0.4, 0.5) is 22.9 Å². The first-order valence-electron chi connectivity index (χ1n) is 8.09. The standard InChI is InChI=1S/C19H19N5O/c1-12-9-13(7-8-15(12)20)19(25)24-11-14-10-21-23(2)18(14)22-16-5-3-4-6-17(16)24/h3-10,22H,11,20H2,1-2H3. The van der Waals surface area contributed by atoms with E-state index in [1.807, 2.05) is 44.3 Å². The molecular formula is C19H19N5O. The summed E-state index contributed by atoms with van der Waals surface area (Å²) in [6, 6.07) is 13.2. The van der Waals surface area contributed by atoms with Crippen molar-refractivity contribution in [3.05, 3.63) is 65.4 Å². The molecule has 4 rings (SSSR count). The fourth-order valence-electron chi connectivity index (χ4n) is 3.10.